The van der Waals surface area contributed by atoms with Gasteiger partial charge >= 0.3 is 0 Å². The molecule has 2 aromatic rings. The van der Waals surface area contributed by atoms with Crippen molar-refractivity contribution < 1.29 is 14.2 Å². The molecule has 0 aromatic heterocycles. The lowest BCUT2D eigenvalue weighted by atomic mass is 9.81. The Bertz CT molecular complexity index is 986. The predicted octanol–water partition coefficient (Wildman–Crippen LogP) is 5.55. The second kappa shape index (κ2) is 10.6. The summed E-state index contributed by atoms with van der Waals surface area (Å²) < 4.78 is 17.5. The molecule has 0 amide bonds. The van der Waals surface area contributed by atoms with Crippen molar-refractivity contribution in [2.75, 3.05) is 53.6 Å². The van der Waals surface area contributed by atoms with Gasteiger partial charge in [-0.05, 0) is 99.1 Å². The van der Waals surface area contributed by atoms with Gasteiger partial charge in [-0.15, -0.1) is 0 Å². The molecule has 3 aliphatic heterocycles. The van der Waals surface area contributed by atoms with Crippen LogP contribution in [0, 0.1) is 6.92 Å². The zero-order valence-electron chi connectivity index (χ0n) is 21.1. The third-order valence-corrected chi connectivity index (χ3v) is 8.00. The van der Waals surface area contributed by atoms with Crippen molar-refractivity contribution in [3.05, 3.63) is 52.6 Å². The Balaban J connectivity index is 1.35. The molecule has 0 radical (unpaired) electrons. The summed E-state index contributed by atoms with van der Waals surface area (Å²) in [4.78, 5) is 5.25. The predicted molar refractivity (Wildman–Crippen MR) is 137 cm³/mol. The molecule has 2 fully saturated rings. The van der Waals surface area contributed by atoms with Crippen LogP contribution in [0.4, 0.5) is 0 Å². The van der Waals surface area contributed by atoms with Crippen molar-refractivity contribution in [2.45, 2.75) is 57.4 Å². The van der Waals surface area contributed by atoms with Gasteiger partial charge in [-0.2, -0.15) is 0 Å². The van der Waals surface area contributed by atoms with Crippen LogP contribution in [0.3, 0.4) is 0 Å². The molecule has 5 heteroatoms. The number of nitrogens with zero attached hydrogens (tertiary/aromatic N) is 2. The smallest absolute Gasteiger partial charge is 0.163 e. The van der Waals surface area contributed by atoms with Gasteiger partial charge in [-0.1, -0.05) is 18.6 Å². The number of benzene rings is 2. The average Bonchev–Trinajstić information content (AvgIpc) is 3.35. The third-order valence-electron chi connectivity index (χ3n) is 8.00. The van der Waals surface area contributed by atoms with E-state index in [0.717, 1.165) is 48.9 Å². The summed E-state index contributed by atoms with van der Waals surface area (Å²) in [5, 5.41) is 0. The fraction of sp³-hybridized carbons (Fsp3) is 0.586. The molecule has 3 aliphatic rings. The second-order valence-electron chi connectivity index (χ2n) is 10.2. The van der Waals surface area contributed by atoms with E-state index in [4.69, 9.17) is 14.2 Å². The van der Waals surface area contributed by atoms with Crippen molar-refractivity contribution in [1.82, 2.24) is 9.80 Å². The molecule has 0 aliphatic carbocycles. The number of ether oxygens (including phenoxy) is 3. The lowest BCUT2D eigenvalue weighted by Gasteiger charge is -2.38. The molecule has 3 heterocycles. The van der Waals surface area contributed by atoms with Crippen molar-refractivity contribution in [3.8, 4) is 17.2 Å². The molecule has 2 saturated heterocycles. The van der Waals surface area contributed by atoms with Crippen LogP contribution in [-0.2, 0) is 0 Å². The molecule has 0 N–H and O–H groups in total. The number of likely N-dealkylation sites (tertiary alicyclic amines) is 1. The zero-order valence-corrected chi connectivity index (χ0v) is 21.1. The summed E-state index contributed by atoms with van der Waals surface area (Å²) in [7, 11) is 3.44. The lowest BCUT2D eigenvalue weighted by Crippen LogP contribution is -2.34. The molecular formula is C29H40N2O3. The van der Waals surface area contributed by atoms with Crippen molar-refractivity contribution in [3.63, 3.8) is 0 Å². The topological polar surface area (TPSA) is 34.2 Å². The van der Waals surface area contributed by atoms with Crippen molar-refractivity contribution in [1.29, 1.82) is 0 Å². The maximum absolute atomic E-state index is 6.26. The normalized spacial score (nSPS) is 22.8. The quantitative estimate of drug-likeness (QED) is 0.479. The minimum absolute atomic E-state index is 0.330. The first kappa shape index (κ1) is 23.5. The second-order valence-corrected chi connectivity index (χ2v) is 10.2. The van der Waals surface area contributed by atoms with Gasteiger partial charge < -0.3 is 19.1 Å². The Morgan fingerprint density at radius 1 is 0.912 bits per heavy atom. The molecule has 2 aromatic carbocycles. The minimum atomic E-state index is 0.330. The van der Waals surface area contributed by atoms with Crippen molar-refractivity contribution >= 4 is 0 Å². The monoisotopic (exact) mass is 464 g/mol. The van der Waals surface area contributed by atoms with Gasteiger partial charge in [-0.3, -0.25) is 4.90 Å². The lowest BCUT2D eigenvalue weighted by molar-refractivity contribution is 0.204. The number of rotatable bonds is 8. The fourth-order valence-corrected chi connectivity index (χ4v) is 6.31. The average molecular weight is 465 g/mol. The van der Waals surface area contributed by atoms with E-state index < -0.39 is 0 Å². The van der Waals surface area contributed by atoms with E-state index in [0.29, 0.717) is 12.0 Å². The summed E-state index contributed by atoms with van der Waals surface area (Å²) in [6.45, 7) is 8.80. The summed E-state index contributed by atoms with van der Waals surface area (Å²) >= 11 is 0. The van der Waals surface area contributed by atoms with E-state index in [2.05, 4.69) is 47.1 Å². The minimum Gasteiger partial charge on any atom is -0.494 e. The van der Waals surface area contributed by atoms with E-state index in [1.165, 1.54) is 68.4 Å². The molecule has 0 unspecified atom stereocenters. The van der Waals surface area contributed by atoms with Gasteiger partial charge in [0.2, 0.25) is 0 Å². The molecule has 0 spiro atoms. The van der Waals surface area contributed by atoms with Gasteiger partial charge in [0, 0.05) is 25.0 Å². The highest BCUT2D eigenvalue weighted by Gasteiger charge is 2.37. The molecule has 34 heavy (non-hydrogen) atoms. The van der Waals surface area contributed by atoms with Gasteiger partial charge in [-0.25, -0.2) is 0 Å². The third kappa shape index (κ3) is 4.78. The number of aryl methyl sites for hydroxylation is 1. The van der Waals surface area contributed by atoms with E-state index in [9.17, 15) is 0 Å². The first-order valence-corrected chi connectivity index (χ1v) is 13.1. The van der Waals surface area contributed by atoms with Crippen LogP contribution in [0.15, 0.2) is 30.3 Å². The summed E-state index contributed by atoms with van der Waals surface area (Å²) in [5.41, 5.74) is 5.32. The Morgan fingerprint density at radius 3 is 2.56 bits per heavy atom. The summed E-state index contributed by atoms with van der Waals surface area (Å²) in [6.07, 6.45) is 7.70. The first-order chi connectivity index (χ1) is 16.7. The Kier molecular flexibility index (Phi) is 7.31. The van der Waals surface area contributed by atoms with Crippen LogP contribution in [0.1, 0.15) is 72.7 Å². The zero-order chi connectivity index (χ0) is 23.5. The Hall–Kier alpha value is -2.24. The standard InChI is InChI=1S/C29H40N2O3/c1-21-17-22(18-28(32-2)29(21)33-3)26-20-31-15-7-9-27(31)25-19-23(10-11-24(25)26)34-16-8-14-30-12-5-4-6-13-30/h10-11,17-19,26-27H,4-9,12-16,20H2,1-3H3/t26-,27+/m1/s1. The van der Waals surface area contributed by atoms with Crippen LogP contribution < -0.4 is 14.2 Å². The molecule has 184 valence electrons. The maximum Gasteiger partial charge on any atom is 0.163 e. The van der Waals surface area contributed by atoms with Crippen LogP contribution in [0.2, 0.25) is 0 Å². The highest BCUT2D eigenvalue weighted by atomic mass is 16.5. The van der Waals surface area contributed by atoms with E-state index in [-0.39, 0.29) is 0 Å². The number of piperidine rings is 1. The Morgan fingerprint density at radius 2 is 1.76 bits per heavy atom. The molecule has 5 nitrogen and oxygen atoms in total. The molecule has 0 bridgehead atoms. The summed E-state index contributed by atoms with van der Waals surface area (Å²) in [5.74, 6) is 3.00. The van der Waals surface area contributed by atoms with Crippen LogP contribution in [0.5, 0.6) is 17.2 Å². The first-order valence-electron chi connectivity index (χ1n) is 13.1. The number of methoxy groups -OCH3 is 2. The van der Waals surface area contributed by atoms with Crippen molar-refractivity contribution in [2.24, 2.45) is 0 Å². The van der Waals surface area contributed by atoms with Gasteiger partial charge in [0.1, 0.15) is 5.75 Å². The molecule has 2 atom stereocenters. The van der Waals surface area contributed by atoms with Crippen LogP contribution in [0.25, 0.3) is 0 Å². The fourth-order valence-electron chi connectivity index (χ4n) is 6.31. The number of fused-ring (bicyclic) bond motifs is 3. The van der Waals surface area contributed by atoms with Crippen LogP contribution in [-0.4, -0.2) is 63.4 Å². The SMILES string of the molecule is COc1cc([C@H]2CN3CCC[C@H]3c3cc(OCCCN4CCCCC4)ccc32)cc(C)c1OC. The van der Waals surface area contributed by atoms with Gasteiger partial charge in [0.15, 0.2) is 11.5 Å². The molecule has 0 saturated carbocycles. The van der Waals surface area contributed by atoms with Crippen LogP contribution >= 0.6 is 0 Å². The van der Waals surface area contributed by atoms with Gasteiger partial charge in [0.05, 0.1) is 20.8 Å². The number of hydrogen-bond donors (Lipinski definition) is 0. The van der Waals surface area contributed by atoms with E-state index >= 15 is 0 Å². The summed E-state index contributed by atoms with van der Waals surface area (Å²) in [6, 6.07) is 11.8. The largest absolute Gasteiger partial charge is 0.494 e. The highest BCUT2D eigenvalue weighted by molar-refractivity contribution is 5.53. The number of hydrogen-bond acceptors (Lipinski definition) is 5. The highest BCUT2D eigenvalue weighted by Crippen LogP contribution is 2.46. The molecule has 5 rings (SSSR count). The van der Waals surface area contributed by atoms with Gasteiger partial charge in [0.25, 0.3) is 0 Å². The maximum atomic E-state index is 6.26. The van der Waals surface area contributed by atoms with E-state index in [1.807, 2.05) is 0 Å². The molecular weight excluding hydrogens is 424 g/mol. The Labute approximate surface area is 205 Å². The van der Waals surface area contributed by atoms with E-state index in [1.54, 1.807) is 14.2 Å².